The minimum Gasteiger partial charge on any atom is -0.337 e. The number of pyridine rings is 1. The van der Waals surface area contributed by atoms with Crippen LogP contribution < -0.4 is 4.90 Å². The van der Waals surface area contributed by atoms with Crippen LogP contribution in [0.3, 0.4) is 0 Å². The molecule has 0 radical (unpaired) electrons. The van der Waals surface area contributed by atoms with E-state index >= 15 is 0 Å². The van der Waals surface area contributed by atoms with Crippen molar-refractivity contribution in [3.63, 3.8) is 0 Å². The zero-order valence-electron chi connectivity index (χ0n) is 17.3. The average molecular weight is 406 g/mol. The van der Waals surface area contributed by atoms with Crippen LogP contribution in [0.4, 0.5) is 5.69 Å². The lowest BCUT2D eigenvalue weighted by atomic mass is 10.2. The highest BCUT2D eigenvalue weighted by molar-refractivity contribution is 5.97. The zero-order valence-corrected chi connectivity index (χ0v) is 17.3. The fourth-order valence-electron chi connectivity index (χ4n) is 3.72. The molecule has 1 atom stereocenters. The molecule has 0 aliphatic carbocycles. The maximum atomic E-state index is 13.3. The predicted octanol–water partition coefficient (Wildman–Crippen LogP) is 2.56. The van der Waals surface area contributed by atoms with E-state index in [1.54, 1.807) is 29.4 Å². The molecular weight excluding hydrogens is 378 g/mol. The van der Waals surface area contributed by atoms with Gasteiger partial charge in [-0.2, -0.15) is 5.26 Å². The first-order valence-corrected chi connectivity index (χ1v) is 10.3. The minimum atomic E-state index is -0.333. The van der Waals surface area contributed by atoms with Crippen molar-refractivity contribution in [1.82, 2.24) is 14.8 Å². The molecule has 1 aromatic carbocycles. The fraction of sp³-hybridized carbons (Fsp3) is 0.391. The van der Waals surface area contributed by atoms with Gasteiger partial charge < -0.3 is 9.80 Å². The molecule has 0 saturated carbocycles. The highest BCUT2D eigenvalue weighted by Gasteiger charge is 2.29. The van der Waals surface area contributed by atoms with Gasteiger partial charge in [-0.3, -0.25) is 19.5 Å². The molecule has 156 valence electrons. The molecule has 3 rings (SSSR count). The van der Waals surface area contributed by atoms with Gasteiger partial charge in [-0.15, -0.1) is 0 Å². The Morgan fingerprint density at radius 1 is 1.10 bits per heavy atom. The Kier molecular flexibility index (Phi) is 7.52. The lowest BCUT2D eigenvalue weighted by Gasteiger charge is -2.32. The molecule has 2 heterocycles. The van der Waals surface area contributed by atoms with Gasteiger partial charge in [0, 0.05) is 56.4 Å². The number of para-hydroxylation sites is 1. The molecule has 30 heavy (non-hydrogen) atoms. The van der Waals surface area contributed by atoms with Crippen LogP contribution in [-0.2, 0) is 4.79 Å². The molecule has 1 aromatic heterocycles. The molecule has 0 spiro atoms. The fourth-order valence-corrected chi connectivity index (χ4v) is 3.72. The van der Waals surface area contributed by atoms with Crippen molar-refractivity contribution < 1.29 is 9.59 Å². The van der Waals surface area contributed by atoms with Crippen molar-refractivity contribution in [1.29, 1.82) is 5.26 Å². The quantitative estimate of drug-likeness (QED) is 0.738. The van der Waals surface area contributed by atoms with Gasteiger partial charge in [0.05, 0.1) is 18.5 Å². The van der Waals surface area contributed by atoms with Gasteiger partial charge >= 0.3 is 0 Å². The molecule has 1 aliphatic heterocycles. The van der Waals surface area contributed by atoms with Crippen LogP contribution in [-0.4, -0.2) is 65.4 Å². The van der Waals surface area contributed by atoms with Crippen molar-refractivity contribution in [2.45, 2.75) is 25.8 Å². The first-order valence-electron chi connectivity index (χ1n) is 10.3. The lowest BCUT2D eigenvalue weighted by molar-refractivity contribution is -0.123. The Hall–Kier alpha value is -3.24. The Labute approximate surface area is 177 Å². The minimum absolute atomic E-state index is 0.00170. The number of nitriles is 1. The topological polar surface area (TPSA) is 80.5 Å². The number of aromatic nitrogens is 1. The Balaban J connectivity index is 1.67. The number of amides is 2. The van der Waals surface area contributed by atoms with Crippen molar-refractivity contribution in [2.24, 2.45) is 0 Å². The molecule has 0 N–H and O–H groups in total. The summed E-state index contributed by atoms with van der Waals surface area (Å²) in [4.78, 5) is 35.7. The largest absolute Gasteiger partial charge is 0.337 e. The maximum Gasteiger partial charge on any atom is 0.254 e. The summed E-state index contributed by atoms with van der Waals surface area (Å²) in [7, 11) is 0. The van der Waals surface area contributed by atoms with Gasteiger partial charge in [0.1, 0.15) is 0 Å². The number of hydrogen-bond acceptors (Lipinski definition) is 5. The number of carbonyl (C=O) groups excluding carboxylic acids is 2. The smallest absolute Gasteiger partial charge is 0.254 e. The van der Waals surface area contributed by atoms with E-state index in [4.69, 9.17) is 5.26 Å². The third kappa shape index (κ3) is 5.22. The van der Waals surface area contributed by atoms with Gasteiger partial charge in [-0.25, -0.2) is 0 Å². The van der Waals surface area contributed by atoms with E-state index in [1.807, 2.05) is 42.2 Å². The first-order chi connectivity index (χ1) is 14.6. The van der Waals surface area contributed by atoms with Crippen molar-refractivity contribution in [3.05, 3.63) is 60.4 Å². The van der Waals surface area contributed by atoms with E-state index < -0.39 is 0 Å². The summed E-state index contributed by atoms with van der Waals surface area (Å²) in [5, 5.41) is 9.00. The molecule has 1 unspecified atom stereocenters. The van der Waals surface area contributed by atoms with Crippen LogP contribution in [0.25, 0.3) is 0 Å². The van der Waals surface area contributed by atoms with Crippen LogP contribution in [0, 0.1) is 11.3 Å². The van der Waals surface area contributed by atoms with Crippen molar-refractivity contribution in [2.75, 3.05) is 37.6 Å². The highest BCUT2D eigenvalue weighted by Crippen LogP contribution is 2.18. The van der Waals surface area contributed by atoms with E-state index in [0.29, 0.717) is 31.7 Å². The summed E-state index contributed by atoms with van der Waals surface area (Å²) < 4.78 is 0. The van der Waals surface area contributed by atoms with Crippen LogP contribution >= 0.6 is 0 Å². The number of benzene rings is 1. The number of anilines is 1. The van der Waals surface area contributed by atoms with Gasteiger partial charge in [-0.1, -0.05) is 18.2 Å². The van der Waals surface area contributed by atoms with Crippen LogP contribution in [0.5, 0.6) is 0 Å². The summed E-state index contributed by atoms with van der Waals surface area (Å²) in [6, 6.07) is 14.7. The van der Waals surface area contributed by atoms with E-state index in [-0.39, 0.29) is 24.3 Å². The third-order valence-corrected chi connectivity index (χ3v) is 5.43. The van der Waals surface area contributed by atoms with Crippen molar-refractivity contribution >= 4 is 17.5 Å². The second kappa shape index (κ2) is 10.5. The van der Waals surface area contributed by atoms with E-state index in [1.165, 1.54) is 0 Å². The van der Waals surface area contributed by atoms with Gasteiger partial charge in [-0.05, 0) is 37.6 Å². The van der Waals surface area contributed by atoms with Gasteiger partial charge in [0.25, 0.3) is 5.91 Å². The van der Waals surface area contributed by atoms with E-state index in [2.05, 4.69) is 16.0 Å². The summed E-state index contributed by atoms with van der Waals surface area (Å²) in [6.45, 7) is 4.88. The van der Waals surface area contributed by atoms with Crippen LogP contribution in [0.15, 0.2) is 54.9 Å². The average Bonchev–Trinajstić information content (AvgIpc) is 3.06. The molecule has 7 nitrogen and oxygen atoms in total. The molecule has 1 fully saturated rings. The number of rotatable bonds is 6. The number of carbonyl (C=O) groups is 2. The number of hydrogen-bond donors (Lipinski definition) is 0. The standard InChI is InChI=1S/C23H27N5O2/c1-19(22(29)28(16-5-11-24)21-7-3-2-4-8-21)26-14-6-15-27(18-17-26)23(30)20-9-12-25-13-10-20/h2-4,7-10,12-13,19H,5-6,14-18H2,1H3. The molecular formula is C23H27N5O2. The Bertz CT molecular complexity index is 881. The Morgan fingerprint density at radius 3 is 2.53 bits per heavy atom. The SMILES string of the molecule is CC(C(=O)N(CCC#N)c1ccccc1)N1CCCN(C(=O)c2ccncc2)CC1. The summed E-state index contributed by atoms with van der Waals surface area (Å²) in [5.74, 6) is -0.0245. The van der Waals surface area contributed by atoms with Gasteiger partial charge in [0.2, 0.25) is 5.91 Å². The predicted molar refractivity (Wildman–Crippen MR) is 115 cm³/mol. The normalized spacial score (nSPS) is 15.7. The summed E-state index contributed by atoms with van der Waals surface area (Å²) >= 11 is 0. The zero-order chi connectivity index (χ0) is 21.3. The molecule has 1 aliphatic rings. The third-order valence-electron chi connectivity index (χ3n) is 5.43. The van der Waals surface area contributed by atoms with E-state index in [0.717, 1.165) is 18.7 Å². The monoisotopic (exact) mass is 405 g/mol. The lowest BCUT2D eigenvalue weighted by Crippen LogP contribution is -2.49. The molecule has 2 amide bonds. The molecule has 0 bridgehead atoms. The van der Waals surface area contributed by atoms with Crippen LogP contribution in [0.1, 0.15) is 30.1 Å². The summed E-state index contributed by atoms with van der Waals surface area (Å²) in [6.07, 6.45) is 4.33. The molecule has 7 heteroatoms. The second-order valence-electron chi connectivity index (χ2n) is 7.33. The Morgan fingerprint density at radius 2 is 1.83 bits per heavy atom. The van der Waals surface area contributed by atoms with Crippen molar-refractivity contribution in [3.8, 4) is 6.07 Å². The van der Waals surface area contributed by atoms with E-state index in [9.17, 15) is 9.59 Å². The number of nitrogens with zero attached hydrogens (tertiary/aromatic N) is 5. The highest BCUT2D eigenvalue weighted by atomic mass is 16.2. The van der Waals surface area contributed by atoms with Gasteiger partial charge in [0.15, 0.2) is 0 Å². The first kappa shape index (κ1) is 21.5. The molecule has 2 aromatic rings. The second-order valence-corrected chi connectivity index (χ2v) is 7.33. The summed E-state index contributed by atoms with van der Waals surface area (Å²) in [5.41, 5.74) is 1.43. The van der Waals surface area contributed by atoms with Crippen LogP contribution in [0.2, 0.25) is 0 Å². The molecule has 1 saturated heterocycles. The maximum absolute atomic E-state index is 13.3.